The molecule has 2 aromatic rings. The van der Waals surface area contributed by atoms with Crippen molar-refractivity contribution < 1.29 is 22.3 Å². The molecule has 29 heavy (non-hydrogen) atoms. The van der Waals surface area contributed by atoms with Crippen LogP contribution in [0, 0.1) is 11.7 Å². The van der Waals surface area contributed by atoms with Crippen molar-refractivity contribution in [2.24, 2.45) is 5.92 Å². The van der Waals surface area contributed by atoms with Crippen LogP contribution in [0.25, 0.3) is 0 Å². The Kier molecular flexibility index (Phi) is 5.41. The smallest absolute Gasteiger partial charge is 0.403 e. The lowest BCUT2D eigenvalue weighted by Gasteiger charge is -2.31. The molecule has 0 amide bonds. The Hall–Kier alpha value is -2.30. The zero-order valence-electron chi connectivity index (χ0n) is 16.4. The number of hydrogen-bond acceptors (Lipinski definition) is 1. The molecule has 0 radical (unpaired) electrons. The summed E-state index contributed by atoms with van der Waals surface area (Å²) in [6.45, 7) is 2.06. The molecule has 2 atom stereocenters. The summed E-state index contributed by atoms with van der Waals surface area (Å²) >= 11 is 0. The molecule has 0 saturated carbocycles. The first-order valence-corrected chi connectivity index (χ1v) is 10.1. The van der Waals surface area contributed by atoms with E-state index in [1.54, 1.807) is 6.07 Å². The van der Waals surface area contributed by atoms with Crippen molar-refractivity contribution in [3.05, 3.63) is 76.1 Å². The van der Waals surface area contributed by atoms with Crippen molar-refractivity contribution in [3.63, 3.8) is 0 Å². The molecule has 2 aliphatic rings. The highest BCUT2D eigenvalue weighted by molar-refractivity contribution is 5.46. The standard InChI is InChI=1S/C24H24F4O/c1-2-3-15-4-9-20-18(12-15)5-6-19-13-16(7-10-21(19)20)17-8-11-23(22(25)14-17)29-24(26,27)28/h2-3,5-6,8,11,14-16H,4,7,9-10,12-13H2,1H3. The lowest BCUT2D eigenvalue weighted by molar-refractivity contribution is -0.275. The Morgan fingerprint density at radius 1 is 0.966 bits per heavy atom. The third-order valence-electron chi connectivity index (χ3n) is 6.20. The number of allylic oxidation sites excluding steroid dienone is 2. The van der Waals surface area contributed by atoms with E-state index in [1.807, 2.05) is 0 Å². The maximum absolute atomic E-state index is 14.1. The number of ether oxygens (including phenoxy) is 1. The minimum absolute atomic E-state index is 0.106. The van der Waals surface area contributed by atoms with Crippen LogP contribution in [0.3, 0.4) is 0 Å². The van der Waals surface area contributed by atoms with E-state index in [9.17, 15) is 17.6 Å². The second-order valence-corrected chi connectivity index (χ2v) is 8.05. The van der Waals surface area contributed by atoms with Crippen molar-refractivity contribution in [2.45, 2.75) is 57.7 Å². The maximum atomic E-state index is 14.1. The zero-order chi connectivity index (χ0) is 20.6. The SMILES string of the molecule is CC=CC1CCc2c(ccc3c2CCC(c2ccc(OC(F)(F)F)c(F)c2)C3)C1. The second kappa shape index (κ2) is 7.85. The van der Waals surface area contributed by atoms with E-state index in [-0.39, 0.29) is 5.92 Å². The quantitative estimate of drug-likeness (QED) is 0.410. The van der Waals surface area contributed by atoms with Crippen LogP contribution in [0.2, 0.25) is 0 Å². The number of hydrogen-bond donors (Lipinski definition) is 0. The van der Waals surface area contributed by atoms with Crippen LogP contribution in [0.4, 0.5) is 17.6 Å². The molecule has 5 heteroatoms. The van der Waals surface area contributed by atoms with Gasteiger partial charge in [-0.25, -0.2) is 4.39 Å². The summed E-state index contributed by atoms with van der Waals surface area (Å²) in [5.74, 6) is -1.02. The number of fused-ring (bicyclic) bond motifs is 3. The monoisotopic (exact) mass is 404 g/mol. The van der Waals surface area contributed by atoms with Gasteiger partial charge in [0.1, 0.15) is 0 Å². The third kappa shape index (κ3) is 4.34. The van der Waals surface area contributed by atoms with Gasteiger partial charge < -0.3 is 4.74 Å². The van der Waals surface area contributed by atoms with E-state index < -0.39 is 17.9 Å². The molecule has 0 N–H and O–H groups in total. The molecule has 154 valence electrons. The highest BCUT2D eigenvalue weighted by atomic mass is 19.4. The van der Waals surface area contributed by atoms with E-state index in [0.29, 0.717) is 5.92 Å². The van der Waals surface area contributed by atoms with E-state index in [1.165, 1.54) is 34.7 Å². The Morgan fingerprint density at radius 2 is 1.66 bits per heavy atom. The molecule has 0 aliphatic heterocycles. The summed E-state index contributed by atoms with van der Waals surface area (Å²) in [7, 11) is 0. The fourth-order valence-electron chi connectivity index (χ4n) is 4.90. The predicted octanol–water partition coefficient (Wildman–Crippen LogP) is 6.68. The fourth-order valence-corrected chi connectivity index (χ4v) is 4.90. The van der Waals surface area contributed by atoms with Crippen LogP contribution in [-0.4, -0.2) is 6.36 Å². The van der Waals surface area contributed by atoms with Crippen molar-refractivity contribution in [1.82, 2.24) is 0 Å². The number of halogens is 4. The molecule has 2 aliphatic carbocycles. The summed E-state index contributed by atoms with van der Waals surface area (Å²) in [6.07, 6.45) is 5.47. The van der Waals surface area contributed by atoms with Gasteiger partial charge >= 0.3 is 6.36 Å². The van der Waals surface area contributed by atoms with Gasteiger partial charge in [0.25, 0.3) is 0 Å². The van der Waals surface area contributed by atoms with Crippen molar-refractivity contribution in [3.8, 4) is 5.75 Å². The van der Waals surface area contributed by atoms with E-state index in [4.69, 9.17) is 0 Å². The van der Waals surface area contributed by atoms with Gasteiger partial charge in [-0.2, -0.15) is 0 Å². The van der Waals surface area contributed by atoms with Gasteiger partial charge in [-0.3, -0.25) is 0 Å². The lowest BCUT2D eigenvalue weighted by Crippen LogP contribution is -2.20. The molecule has 4 rings (SSSR count). The Morgan fingerprint density at radius 3 is 2.31 bits per heavy atom. The first kappa shape index (κ1) is 20.0. The molecule has 2 aromatic carbocycles. The van der Waals surface area contributed by atoms with Crippen LogP contribution in [0.15, 0.2) is 42.5 Å². The zero-order valence-corrected chi connectivity index (χ0v) is 16.4. The third-order valence-corrected chi connectivity index (χ3v) is 6.20. The van der Waals surface area contributed by atoms with Crippen LogP contribution in [0.1, 0.15) is 53.5 Å². The van der Waals surface area contributed by atoms with Crippen molar-refractivity contribution in [2.75, 3.05) is 0 Å². The molecular weight excluding hydrogens is 380 g/mol. The molecule has 2 unspecified atom stereocenters. The van der Waals surface area contributed by atoms with E-state index in [0.717, 1.165) is 43.7 Å². The molecule has 0 bridgehead atoms. The van der Waals surface area contributed by atoms with Gasteiger partial charge in [0.2, 0.25) is 0 Å². The average Bonchev–Trinajstić information content (AvgIpc) is 2.68. The average molecular weight is 404 g/mol. The summed E-state index contributed by atoms with van der Waals surface area (Å²) in [5.41, 5.74) is 6.39. The van der Waals surface area contributed by atoms with Gasteiger partial charge in [-0.15, -0.1) is 13.2 Å². The summed E-state index contributed by atoms with van der Waals surface area (Å²) in [4.78, 5) is 0. The second-order valence-electron chi connectivity index (χ2n) is 8.05. The van der Waals surface area contributed by atoms with Crippen molar-refractivity contribution >= 4 is 0 Å². The Bertz CT molecular complexity index is 929. The van der Waals surface area contributed by atoms with Gasteiger partial charge in [-0.05, 0) is 97.2 Å². The van der Waals surface area contributed by atoms with Crippen LogP contribution in [-0.2, 0) is 25.7 Å². The molecule has 1 nitrogen and oxygen atoms in total. The summed E-state index contributed by atoms with van der Waals surface area (Å²) in [5, 5.41) is 0. The first-order chi connectivity index (χ1) is 13.8. The van der Waals surface area contributed by atoms with Gasteiger partial charge in [0.15, 0.2) is 11.6 Å². The normalized spacial score (nSPS) is 21.7. The largest absolute Gasteiger partial charge is 0.573 e. The van der Waals surface area contributed by atoms with Gasteiger partial charge in [0, 0.05) is 0 Å². The molecule has 0 spiro atoms. The number of rotatable bonds is 3. The first-order valence-electron chi connectivity index (χ1n) is 10.1. The molecule has 0 aromatic heterocycles. The highest BCUT2D eigenvalue weighted by Gasteiger charge is 2.33. The maximum Gasteiger partial charge on any atom is 0.573 e. The number of alkyl halides is 3. The molecular formula is C24H24F4O. The van der Waals surface area contributed by atoms with Crippen molar-refractivity contribution in [1.29, 1.82) is 0 Å². The molecule has 0 fully saturated rings. The molecule has 0 heterocycles. The summed E-state index contributed by atoms with van der Waals surface area (Å²) < 4.78 is 54.9. The fraction of sp³-hybridized carbons (Fsp3) is 0.417. The topological polar surface area (TPSA) is 9.23 Å². The van der Waals surface area contributed by atoms with Crippen LogP contribution >= 0.6 is 0 Å². The van der Waals surface area contributed by atoms with Gasteiger partial charge in [-0.1, -0.05) is 30.4 Å². The Balaban J connectivity index is 1.53. The summed E-state index contributed by atoms with van der Waals surface area (Å²) in [6, 6.07) is 8.25. The van der Waals surface area contributed by atoms with Gasteiger partial charge in [0.05, 0.1) is 0 Å². The van der Waals surface area contributed by atoms with E-state index in [2.05, 4.69) is 35.9 Å². The van der Waals surface area contributed by atoms with Crippen LogP contribution < -0.4 is 4.74 Å². The minimum Gasteiger partial charge on any atom is -0.403 e. The molecule has 0 saturated heterocycles. The minimum atomic E-state index is -4.89. The predicted molar refractivity (Wildman–Crippen MR) is 105 cm³/mol. The lowest BCUT2D eigenvalue weighted by atomic mass is 9.74. The Labute approximate surface area is 168 Å². The van der Waals surface area contributed by atoms with Crippen LogP contribution in [0.5, 0.6) is 5.75 Å². The number of benzene rings is 2. The highest BCUT2D eigenvalue weighted by Crippen LogP contribution is 2.39. The van der Waals surface area contributed by atoms with E-state index >= 15 is 0 Å².